The first-order valence-electron chi connectivity index (χ1n) is 8.10. The second kappa shape index (κ2) is 7.57. The van der Waals surface area contributed by atoms with Gasteiger partial charge in [-0.25, -0.2) is 9.97 Å². The topological polar surface area (TPSA) is 84.0 Å². The molecule has 26 heavy (non-hydrogen) atoms. The Balaban J connectivity index is 1.67. The number of Topliss-reactive ketones (excluding diaryl/α,β-unsaturated/α-hetero) is 1. The van der Waals surface area contributed by atoms with Crippen molar-refractivity contribution in [2.45, 2.75) is 13.8 Å². The van der Waals surface area contributed by atoms with Gasteiger partial charge in [0.25, 0.3) is 5.91 Å². The van der Waals surface area contributed by atoms with Crippen LogP contribution >= 0.6 is 0 Å². The molecule has 3 aromatic rings. The van der Waals surface area contributed by atoms with Crippen molar-refractivity contribution in [1.82, 2.24) is 9.97 Å². The number of rotatable bonds is 5. The predicted octanol–water partition coefficient (Wildman–Crippen LogP) is 3.98. The van der Waals surface area contributed by atoms with Gasteiger partial charge in [0, 0.05) is 16.9 Å². The molecule has 0 fully saturated rings. The van der Waals surface area contributed by atoms with Crippen molar-refractivity contribution in [3.8, 4) is 0 Å². The number of ketones is 1. The highest BCUT2D eigenvalue weighted by Crippen LogP contribution is 2.18. The lowest BCUT2D eigenvalue weighted by atomic mass is 10.1. The van der Waals surface area contributed by atoms with Crippen LogP contribution in [0.4, 0.5) is 17.2 Å². The molecule has 0 aliphatic carbocycles. The van der Waals surface area contributed by atoms with Crippen LogP contribution in [0.2, 0.25) is 0 Å². The Hall–Kier alpha value is -3.54. The van der Waals surface area contributed by atoms with Crippen LogP contribution in [-0.4, -0.2) is 21.7 Å². The number of carbonyl (C=O) groups is 2. The molecule has 0 spiro atoms. The first-order valence-corrected chi connectivity index (χ1v) is 8.10. The first kappa shape index (κ1) is 17.3. The fourth-order valence-corrected chi connectivity index (χ4v) is 2.34. The monoisotopic (exact) mass is 346 g/mol. The molecule has 0 aliphatic rings. The second-order valence-electron chi connectivity index (χ2n) is 5.81. The summed E-state index contributed by atoms with van der Waals surface area (Å²) in [5, 5.41) is 5.90. The second-order valence-corrected chi connectivity index (χ2v) is 5.81. The predicted molar refractivity (Wildman–Crippen MR) is 101 cm³/mol. The van der Waals surface area contributed by atoms with Crippen molar-refractivity contribution in [3.63, 3.8) is 0 Å². The normalized spacial score (nSPS) is 10.2. The molecule has 6 nitrogen and oxygen atoms in total. The van der Waals surface area contributed by atoms with Gasteiger partial charge in [-0.15, -0.1) is 0 Å². The zero-order valence-electron chi connectivity index (χ0n) is 14.5. The van der Waals surface area contributed by atoms with Crippen LogP contribution in [0, 0.1) is 6.92 Å². The third-order valence-corrected chi connectivity index (χ3v) is 3.84. The largest absolute Gasteiger partial charge is 0.339 e. The van der Waals surface area contributed by atoms with Crippen LogP contribution in [0.5, 0.6) is 0 Å². The van der Waals surface area contributed by atoms with E-state index >= 15 is 0 Å². The van der Waals surface area contributed by atoms with Gasteiger partial charge in [-0.3, -0.25) is 9.59 Å². The first-order chi connectivity index (χ1) is 12.5. The Morgan fingerprint density at radius 3 is 2.27 bits per heavy atom. The SMILES string of the molecule is CC(=O)c1ccc(NC(=O)c2cnc(Nc3ccccc3C)cn2)cc1. The van der Waals surface area contributed by atoms with Gasteiger partial charge in [0.1, 0.15) is 11.5 Å². The summed E-state index contributed by atoms with van der Waals surface area (Å²) in [6.45, 7) is 3.49. The fraction of sp³-hybridized carbons (Fsp3) is 0.100. The zero-order valence-corrected chi connectivity index (χ0v) is 14.5. The van der Waals surface area contributed by atoms with Gasteiger partial charge in [-0.1, -0.05) is 18.2 Å². The average Bonchev–Trinajstić information content (AvgIpc) is 2.64. The summed E-state index contributed by atoms with van der Waals surface area (Å²) in [5.41, 5.74) is 3.41. The van der Waals surface area contributed by atoms with Gasteiger partial charge < -0.3 is 10.6 Å². The highest BCUT2D eigenvalue weighted by molar-refractivity contribution is 6.03. The maximum atomic E-state index is 12.3. The molecule has 0 unspecified atom stereocenters. The van der Waals surface area contributed by atoms with Crippen molar-refractivity contribution in [2.75, 3.05) is 10.6 Å². The summed E-state index contributed by atoms with van der Waals surface area (Å²) in [4.78, 5) is 31.9. The van der Waals surface area contributed by atoms with Gasteiger partial charge in [0.05, 0.1) is 12.4 Å². The van der Waals surface area contributed by atoms with Crippen molar-refractivity contribution in [2.24, 2.45) is 0 Å². The van der Waals surface area contributed by atoms with E-state index < -0.39 is 0 Å². The van der Waals surface area contributed by atoms with Crippen LogP contribution in [0.1, 0.15) is 33.3 Å². The van der Waals surface area contributed by atoms with Crippen LogP contribution in [0.3, 0.4) is 0 Å². The minimum absolute atomic E-state index is 0.0227. The van der Waals surface area contributed by atoms with Crippen molar-refractivity contribution >= 4 is 28.9 Å². The highest BCUT2D eigenvalue weighted by atomic mass is 16.2. The molecule has 0 bridgehead atoms. The van der Waals surface area contributed by atoms with Crippen molar-refractivity contribution < 1.29 is 9.59 Å². The molecule has 1 aromatic heterocycles. The van der Waals surface area contributed by atoms with E-state index in [4.69, 9.17) is 0 Å². The molecule has 2 N–H and O–H groups in total. The number of anilines is 3. The molecule has 0 radical (unpaired) electrons. The molecule has 3 rings (SSSR count). The molecule has 0 aliphatic heterocycles. The van der Waals surface area contributed by atoms with Crippen LogP contribution in [0.25, 0.3) is 0 Å². The summed E-state index contributed by atoms with van der Waals surface area (Å²) in [6, 6.07) is 14.5. The van der Waals surface area contributed by atoms with Gasteiger partial charge in [-0.05, 0) is 49.7 Å². The number of aromatic nitrogens is 2. The third kappa shape index (κ3) is 4.10. The van der Waals surface area contributed by atoms with E-state index in [-0.39, 0.29) is 17.4 Å². The Labute approximate surface area is 151 Å². The maximum absolute atomic E-state index is 12.3. The lowest BCUT2D eigenvalue weighted by molar-refractivity contribution is 0.101. The summed E-state index contributed by atoms with van der Waals surface area (Å²) < 4.78 is 0. The lowest BCUT2D eigenvalue weighted by Gasteiger charge is -2.09. The van der Waals surface area contributed by atoms with Crippen LogP contribution in [0.15, 0.2) is 60.9 Å². The maximum Gasteiger partial charge on any atom is 0.275 e. The van der Waals surface area contributed by atoms with E-state index in [0.717, 1.165) is 11.3 Å². The number of carbonyl (C=O) groups excluding carboxylic acids is 2. The minimum atomic E-state index is -0.365. The summed E-state index contributed by atoms with van der Waals surface area (Å²) in [6.07, 6.45) is 2.93. The number of hydrogen-bond donors (Lipinski definition) is 2. The third-order valence-electron chi connectivity index (χ3n) is 3.84. The number of benzene rings is 2. The summed E-state index contributed by atoms with van der Waals surface area (Å²) in [7, 11) is 0. The van der Waals surface area contributed by atoms with E-state index in [9.17, 15) is 9.59 Å². The lowest BCUT2D eigenvalue weighted by Crippen LogP contribution is -2.14. The van der Waals surface area contributed by atoms with E-state index in [1.807, 2.05) is 31.2 Å². The Bertz CT molecular complexity index is 935. The molecule has 2 aromatic carbocycles. The fourth-order valence-electron chi connectivity index (χ4n) is 2.34. The molecule has 1 heterocycles. The smallest absolute Gasteiger partial charge is 0.275 e. The van der Waals surface area contributed by atoms with Gasteiger partial charge in [0.2, 0.25) is 0 Å². The minimum Gasteiger partial charge on any atom is -0.339 e. The van der Waals surface area contributed by atoms with E-state index in [2.05, 4.69) is 20.6 Å². The number of para-hydroxylation sites is 1. The Kier molecular flexibility index (Phi) is 5.03. The van der Waals surface area contributed by atoms with Crippen molar-refractivity contribution in [1.29, 1.82) is 0 Å². The number of nitrogens with zero attached hydrogens (tertiary/aromatic N) is 2. The highest BCUT2D eigenvalue weighted by Gasteiger charge is 2.09. The number of hydrogen-bond acceptors (Lipinski definition) is 5. The molecule has 130 valence electrons. The summed E-state index contributed by atoms with van der Waals surface area (Å²) >= 11 is 0. The molecular formula is C20H18N4O2. The van der Waals surface area contributed by atoms with Crippen LogP contribution in [-0.2, 0) is 0 Å². The molecule has 0 saturated carbocycles. The Morgan fingerprint density at radius 1 is 0.923 bits per heavy atom. The standard InChI is InChI=1S/C20H18N4O2/c1-13-5-3-4-6-17(13)24-19-12-21-18(11-22-19)20(26)23-16-9-7-15(8-10-16)14(2)25/h3-12H,1-2H3,(H,22,24)(H,23,26). The number of aryl methyl sites for hydroxylation is 1. The molecule has 0 atom stereocenters. The molecule has 0 saturated heterocycles. The molecule has 6 heteroatoms. The van der Waals surface area contributed by atoms with E-state index in [1.54, 1.807) is 24.3 Å². The quantitative estimate of drug-likeness (QED) is 0.683. The van der Waals surface area contributed by atoms with Crippen molar-refractivity contribution in [3.05, 3.63) is 77.7 Å². The van der Waals surface area contributed by atoms with Gasteiger partial charge in [0.15, 0.2) is 5.78 Å². The average molecular weight is 346 g/mol. The number of amides is 1. The van der Waals surface area contributed by atoms with Gasteiger partial charge >= 0.3 is 0 Å². The van der Waals surface area contributed by atoms with E-state index in [1.165, 1.54) is 19.3 Å². The summed E-state index contributed by atoms with van der Waals surface area (Å²) in [5.74, 6) is 0.169. The van der Waals surface area contributed by atoms with Crippen LogP contribution < -0.4 is 10.6 Å². The van der Waals surface area contributed by atoms with E-state index in [0.29, 0.717) is 17.1 Å². The molecular weight excluding hydrogens is 328 g/mol. The number of nitrogens with one attached hydrogen (secondary N) is 2. The van der Waals surface area contributed by atoms with Gasteiger partial charge in [-0.2, -0.15) is 0 Å². The Morgan fingerprint density at radius 2 is 1.65 bits per heavy atom. The zero-order chi connectivity index (χ0) is 18.5. The molecule has 1 amide bonds.